The fourth-order valence-corrected chi connectivity index (χ4v) is 2.45. The molecule has 0 atom stereocenters. The molecule has 25 heavy (non-hydrogen) atoms. The molecule has 0 spiro atoms. The van der Waals surface area contributed by atoms with Gasteiger partial charge in [0.2, 0.25) is 11.8 Å². The maximum atomic E-state index is 12.4. The molecule has 0 unspecified atom stereocenters. The molecule has 0 bridgehead atoms. The van der Waals surface area contributed by atoms with Gasteiger partial charge in [0.05, 0.1) is 24.4 Å². The second kappa shape index (κ2) is 8.94. The van der Waals surface area contributed by atoms with Gasteiger partial charge in [-0.2, -0.15) is 0 Å². The SMILES string of the molecule is COc1ccc(N(CCC(N)=O)CC(=O)Nc2ccccc2Cl)cc1. The average molecular weight is 362 g/mol. The lowest BCUT2D eigenvalue weighted by atomic mass is 10.2. The van der Waals surface area contributed by atoms with Crippen molar-refractivity contribution in [3.63, 3.8) is 0 Å². The van der Waals surface area contributed by atoms with Gasteiger partial charge in [-0.1, -0.05) is 23.7 Å². The van der Waals surface area contributed by atoms with Crippen molar-refractivity contribution in [1.29, 1.82) is 0 Å². The van der Waals surface area contributed by atoms with Crippen molar-refractivity contribution in [2.75, 3.05) is 30.4 Å². The zero-order valence-electron chi connectivity index (χ0n) is 13.9. The van der Waals surface area contributed by atoms with Gasteiger partial charge < -0.3 is 20.7 Å². The predicted octanol–water partition coefficient (Wildman–Crippen LogP) is 2.67. The number of nitrogens with two attached hydrogens (primary N) is 1. The number of para-hydroxylation sites is 1. The zero-order valence-corrected chi connectivity index (χ0v) is 14.6. The first kappa shape index (κ1) is 18.6. The molecule has 0 aliphatic rings. The van der Waals surface area contributed by atoms with Gasteiger partial charge in [-0.3, -0.25) is 9.59 Å². The Kier molecular flexibility index (Phi) is 6.65. The third-order valence-electron chi connectivity index (χ3n) is 3.55. The van der Waals surface area contributed by atoms with Gasteiger partial charge in [-0.25, -0.2) is 0 Å². The molecular formula is C18H20ClN3O3. The standard InChI is InChI=1S/C18H20ClN3O3/c1-25-14-8-6-13(7-9-14)22(11-10-17(20)23)12-18(24)21-16-5-3-2-4-15(16)19/h2-9H,10-12H2,1H3,(H2,20,23)(H,21,24). The van der Waals surface area contributed by atoms with Crippen LogP contribution >= 0.6 is 11.6 Å². The summed E-state index contributed by atoms with van der Waals surface area (Å²) in [5.74, 6) is 0.0394. The number of nitrogens with zero attached hydrogens (tertiary/aromatic N) is 1. The Morgan fingerprint density at radius 3 is 2.44 bits per heavy atom. The summed E-state index contributed by atoms with van der Waals surface area (Å²) in [6.45, 7) is 0.391. The minimum absolute atomic E-state index is 0.0603. The maximum Gasteiger partial charge on any atom is 0.243 e. The highest BCUT2D eigenvalue weighted by molar-refractivity contribution is 6.33. The number of methoxy groups -OCH3 is 1. The molecule has 2 aromatic rings. The van der Waals surface area contributed by atoms with Crippen molar-refractivity contribution in [2.24, 2.45) is 5.73 Å². The Hall–Kier alpha value is -2.73. The summed E-state index contributed by atoms with van der Waals surface area (Å²) in [4.78, 5) is 25.3. The number of hydrogen-bond acceptors (Lipinski definition) is 4. The normalized spacial score (nSPS) is 10.2. The molecule has 6 nitrogen and oxygen atoms in total. The van der Waals surface area contributed by atoms with E-state index in [1.807, 2.05) is 12.1 Å². The molecule has 0 aliphatic heterocycles. The summed E-state index contributed by atoms with van der Waals surface area (Å²) >= 11 is 6.05. The van der Waals surface area contributed by atoms with Crippen LogP contribution in [0, 0.1) is 0 Å². The number of anilines is 2. The molecule has 7 heteroatoms. The van der Waals surface area contributed by atoms with Crippen LogP contribution in [0.3, 0.4) is 0 Å². The second-order valence-electron chi connectivity index (χ2n) is 5.36. The van der Waals surface area contributed by atoms with E-state index in [9.17, 15) is 9.59 Å². The molecule has 2 amide bonds. The monoisotopic (exact) mass is 361 g/mol. The Morgan fingerprint density at radius 2 is 1.84 bits per heavy atom. The van der Waals surface area contributed by atoms with Crippen LogP contribution in [0.5, 0.6) is 5.75 Å². The van der Waals surface area contributed by atoms with E-state index in [-0.39, 0.29) is 18.9 Å². The minimum atomic E-state index is -0.426. The van der Waals surface area contributed by atoms with Crippen LogP contribution in [0.2, 0.25) is 5.02 Å². The Balaban J connectivity index is 2.10. The number of carbonyl (C=O) groups is 2. The molecule has 132 valence electrons. The van der Waals surface area contributed by atoms with Crippen LogP contribution in [0.25, 0.3) is 0 Å². The molecule has 2 rings (SSSR count). The van der Waals surface area contributed by atoms with Crippen LogP contribution < -0.4 is 20.7 Å². The van der Waals surface area contributed by atoms with Crippen LogP contribution in [-0.2, 0) is 9.59 Å². The molecule has 0 aliphatic carbocycles. The average Bonchev–Trinajstić information content (AvgIpc) is 2.60. The third-order valence-corrected chi connectivity index (χ3v) is 3.88. The van der Waals surface area contributed by atoms with Gasteiger partial charge in [0, 0.05) is 18.7 Å². The molecular weight excluding hydrogens is 342 g/mol. The van der Waals surface area contributed by atoms with Crippen LogP contribution in [0.15, 0.2) is 48.5 Å². The first-order valence-electron chi connectivity index (χ1n) is 7.71. The van der Waals surface area contributed by atoms with Crippen molar-refractivity contribution in [1.82, 2.24) is 0 Å². The summed E-state index contributed by atoms with van der Waals surface area (Å²) in [5, 5.41) is 3.23. The number of benzene rings is 2. The van der Waals surface area contributed by atoms with Gasteiger partial charge in [-0.05, 0) is 36.4 Å². The highest BCUT2D eigenvalue weighted by Crippen LogP contribution is 2.22. The predicted molar refractivity (Wildman–Crippen MR) is 99.1 cm³/mol. The number of halogens is 1. The van der Waals surface area contributed by atoms with E-state index in [0.717, 1.165) is 5.69 Å². The number of hydrogen-bond donors (Lipinski definition) is 2. The Bertz CT molecular complexity index is 735. The first-order valence-corrected chi connectivity index (χ1v) is 8.09. The van der Waals surface area contributed by atoms with Crippen molar-refractivity contribution in [2.45, 2.75) is 6.42 Å². The number of primary amides is 1. The topological polar surface area (TPSA) is 84.7 Å². The Morgan fingerprint density at radius 1 is 1.16 bits per heavy atom. The van der Waals surface area contributed by atoms with Crippen molar-refractivity contribution in [3.8, 4) is 5.75 Å². The summed E-state index contributed by atoms with van der Waals surface area (Å²) in [5.41, 5.74) is 6.56. The first-order chi connectivity index (χ1) is 12.0. The minimum Gasteiger partial charge on any atom is -0.497 e. The summed E-state index contributed by atoms with van der Waals surface area (Å²) in [7, 11) is 1.58. The van der Waals surface area contributed by atoms with E-state index in [0.29, 0.717) is 23.0 Å². The van der Waals surface area contributed by atoms with Gasteiger partial charge in [0.15, 0.2) is 0 Å². The van der Waals surface area contributed by atoms with E-state index < -0.39 is 5.91 Å². The number of amides is 2. The molecule has 0 aromatic heterocycles. The molecule has 0 saturated carbocycles. The van der Waals surface area contributed by atoms with Gasteiger partial charge in [0.1, 0.15) is 5.75 Å². The Labute approximate surface area is 151 Å². The fourth-order valence-electron chi connectivity index (χ4n) is 2.26. The zero-order chi connectivity index (χ0) is 18.2. The van der Waals surface area contributed by atoms with E-state index in [4.69, 9.17) is 22.1 Å². The van der Waals surface area contributed by atoms with E-state index in [2.05, 4.69) is 5.32 Å². The smallest absolute Gasteiger partial charge is 0.243 e. The molecule has 0 radical (unpaired) electrons. The molecule has 0 saturated heterocycles. The van der Waals surface area contributed by atoms with Gasteiger partial charge in [0.25, 0.3) is 0 Å². The summed E-state index contributed by atoms with van der Waals surface area (Å²) < 4.78 is 5.13. The van der Waals surface area contributed by atoms with Crippen molar-refractivity contribution < 1.29 is 14.3 Å². The van der Waals surface area contributed by atoms with E-state index >= 15 is 0 Å². The van der Waals surface area contributed by atoms with Crippen LogP contribution in [0.1, 0.15) is 6.42 Å². The number of carbonyl (C=O) groups excluding carboxylic acids is 2. The second-order valence-corrected chi connectivity index (χ2v) is 5.77. The van der Waals surface area contributed by atoms with E-state index in [1.165, 1.54) is 0 Å². The number of nitrogens with one attached hydrogen (secondary N) is 1. The molecule has 0 heterocycles. The van der Waals surface area contributed by atoms with E-state index in [1.54, 1.807) is 48.4 Å². The van der Waals surface area contributed by atoms with Crippen LogP contribution in [0.4, 0.5) is 11.4 Å². The van der Waals surface area contributed by atoms with Crippen LogP contribution in [-0.4, -0.2) is 32.0 Å². The lowest BCUT2D eigenvalue weighted by Crippen LogP contribution is -2.35. The van der Waals surface area contributed by atoms with Crippen molar-refractivity contribution >= 4 is 34.8 Å². The lowest BCUT2D eigenvalue weighted by Gasteiger charge is -2.24. The quantitative estimate of drug-likeness (QED) is 0.757. The lowest BCUT2D eigenvalue weighted by molar-refractivity contribution is -0.118. The van der Waals surface area contributed by atoms with Crippen molar-refractivity contribution in [3.05, 3.63) is 53.6 Å². The molecule has 3 N–H and O–H groups in total. The number of rotatable bonds is 8. The molecule has 0 fully saturated rings. The highest BCUT2D eigenvalue weighted by atomic mass is 35.5. The van der Waals surface area contributed by atoms with Gasteiger partial charge in [-0.15, -0.1) is 0 Å². The highest BCUT2D eigenvalue weighted by Gasteiger charge is 2.14. The number of ether oxygens (including phenoxy) is 1. The third kappa shape index (κ3) is 5.69. The molecule has 2 aromatic carbocycles. The fraction of sp³-hybridized carbons (Fsp3) is 0.222. The summed E-state index contributed by atoms with van der Waals surface area (Å²) in [6, 6.07) is 14.2. The largest absolute Gasteiger partial charge is 0.497 e. The summed E-state index contributed by atoms with van der Waals surface area (Å²) in [6.07, 6.45) is 0.144. The van der Waals surface area contributed by atoms with Gasteiger partial charge >= 0.3 is 0 Å². The maximum absolute atomic E-state index is 12.4.